The lowest BCUT2D eigenvalue weighted by atomic mass is 10.1. The number of imidazole rings is 1. The Morgan fingerprint density at radius 3 is 2.67 bits per heavy atom. The zero-order chi connectivity index (χ0) is 29.7. The van der Waals surface area contributed by atoms with Gasteiger partial charge in [-0.05, 0) is 48.9 Å². The number of ether oxygens (including phenoxy) is 1. The van der Waals surface area contributed by atoms with Gasteiger partial charge in [-0.1, -0.05) is 12.1 Å². The molecule has 1 aliphatic rings. The highest BCUT2D eigenvalue weighted by Crippen LogP contribution is 2.37. The summed E-state index contributed by atoms with van der Waals surface area (Å²) < 4.78 is 48.9. The third-order valence-corrected chi connectivity index (χ3v) is 6.62. The van der Waals surface area contributed by atoms with Crippen LogP contribution >= 0.6 is 0 Å². The molecule has 220 valence electrons. The molecule has 1 aliphatic heterocycles. The van der Waals surface area contributed by atoms with E-state index in [4.69, 9.17) is 4.74 Å². The Kier molecular flexibility index (Phi) is 8.69. The zero-order valence-corrected chi connectivity index (χ0v) is 22.8. The van der Waals surface area contributed by atoms with Gasteiger partial charge in [-0.15, -0.1) is 0 Å². The second-order valence-corrected chi connectivity index (χ2v) is 9.84. The molecule has 2 aromatic heterocycles. The summed E-state index contributed by atoms with van der Waals surface area (Å²) in [5.41, 5.74) is 0.346. The molecule has 0 bridgehead atoms. The fraction of sp³-hybridized carbons (Fsp3) is 0.310. The first-order chi connectivity index (χ1) is 20.2. The fourth-order valence-electron chi connectivity index (χ4n) is 4.61. The first-order valence-corrected chi connectivity index (χ1v) is 13.4. The van der Waals surface area contributed by atoms with E-state index in [-0.39, 0.29) is 11.3 Å². The van der Waals surface area contributed by atoms with Gasteiger partial charge in [0.1, 0.15) is 11.6 Å². The molecule has 3 N–H and O–H groups in total. The standard InChI is InChI=1S/C29H30F3N7O3/c1-19(40)18-35-28-34-8-7-25(37-28)39-10-9-33-26(39)16-20-3-2-4-22(15-20)36-27(41)21-5-6-24(23(17-21)29(30,31)32)38-11-13-42-14-12-38/h2-10,15,17,19,40H,11-14,16,18H2,1H3,(H,36,41)(H,34,35,37)/t19-/m0/s1. The SMILES string of the molecule is C[C@H](O)CNc1nccc(-n2ccnc2Cc2cccc(NC(=O)c3ccc(N4CCOCC4)c(C(F)(F)F)c3)c2)n1. The number of halogens is 3. The average Bonchev–Trinajstić information content (AvgIpc) is 3.44. The number of nitrogens with one attached hydrogen (secondary N) is 2. The van der Waals surface area contributed by atoms with Crippen LogP contribution in [-0.2, 0) is 17.3 Å². The molecule has 0 unspecified atom stereocenters. The van der Waals surface area contributed by atoms with Gasteiger partial charge in [-0.2, -0.15) is 18.2 Å². The summed E-state index contributed by atoms with van der Waals surface area (Å²) in [6, 6.07) is 12.4. The van der Waals surface area contributed by atoms with E-state index in [0.717, 1.165) is 11.6 Å². The van der Waals surface area contributed by atoms with Crippen LogP contribution in [0.15, 0.2) is 67.1 Å². The van der Waals surface area contributed by atoms with Crippen molar-refractivity contribution in [2.75, 3.05) is 48.4 Å². The zero-order valence-electron chi connectivity index (χ0n) is 22.8. The van der Waals surface area contributed by atoms with Crippen molar-refractivity contribution in [2.24, 2.45) is 0 Å². The molecule has 1 atom stereocenters. The van der Waals surface area contributed by atoms with Gasteiger partial charge in [0, 0.05) is 61.6 Å². The number of alkyl halides is 3. The van der Waals surface area contributed by atoms with Crippen LogP contribution in [0.25, 0.3) is 5.82 Å². The van der Waals surface area contributed by atoms with Crippen LogP contribution < -0.4 is 15.5 Å². The Morgan fingerprint density at radius 1 is 1.10 bits per heavy atom. The largest absolute Gasteiger partial charge is 0.418 e. The van der Waals surface area contributed by atoms with Crippen molar-refractivity contribution in [2.45, 2.75) is 25.6 Å². The van der Waals surface area contributed by atoms with E-state index in [1.807, 2.05) is 6.07 Å². The fourth-order valence-corrected chi connectivity index (χ4v) is 4.61. The number of aliphatic hydroxyl groups excluding tert-OH is 1. The average molecular weight is 582 g/mol. The highest BCUT2D eigenvalue weighted by Gasteiger charge is 2.36. The highest BCUT2D eigenvalue weighted by molar-refractivity contribution is 6.04. The molecule has 0 saturated carbocycles. The molecule has 13 heteroatoms. The van der Waals surface area contributed by atoms with Gasteiger partial charge in [0.15, 0.2) is 0 Å². The minimum Gasteiger partial charge on any atom is -0.392 e. The number of anilines is 3. The number of morpholine rings is 1. The van der Waals surface area contributed by atoms with Gasteiger partial charge in [0.05, 0.1) is 24.9 Å². The quantitative estimate of drug-likeness (QED) is 0.270. The summed E-state index contributed by atoms with van der Waals surface area (Å²) in [5, 5.41) is 15.2. The Bertz CT molecular complexity index is 1530. The minimum absolute atomic E-state index is 0.0365. The lowest BCUT2D eigenvalue weighted by molar-refractivity contribution is -0.137. The molecule has 10 nitrogen and oxygen atoms in total. The third kappa shape index (κ3) is 7.04. The van der Waals surface area contributed by atoms with Crippen molar-refractivity contribution < 1.29 is 27.8 Å². The summed E-state index contributed by atoms with van der Waals surface area (Å²) in [4.78, 5) is 27.7. The molecular weight excluding hydrogens is 551 g/mol. The van der Waals surface area contributed by atoms with E-state index in [2.05, 4.69) is 25.6 Å². The molecule has 1 amide bonds. The second kappa shape index (κ2) is 12.6. The Labute approximate surface area is 240 Å². The Balaban J connectivity index is 1.31. The predicted octanol–water partition coefficient (Wildman–Crippen LogP) is 4.15. The van der Waals surface area contributed by atoms with Crippen LogP contribution in [0.1, 0.15) is 34.2 Å². The van der Waals surface area contributed by atoms with Gasteiger partial charge < -0.3 is 25.4 Å². The van der Waals surface area contributed by atoms with E-state index in [1.165, 1.54) is 12.1 Å². The number of rotatable bonds is 9. The molecule has 3 heterocycles. The normalized spacial score (nSPS) is 14.5. The van der Waals surface area contributed by atoms with E-state index >= 15 is 0 Å². The number of carbonyl (C=O) groups excluding carboxylic acids is 1. The molecule has 4 aromatic rings. The maximum atomic E-state index is 13.9. The van der Waals surface area contributed by atoms with Gasteiger partial charge in [0.25, 0.3) is 5.91 Å². The smallest absolute Gasteiger partial charge is 0.392 e. The van der Waals surface area contributed by atoms with Crippen molar-refractivity contribution >= 4 is 23.2 Å². The molecule has 42 heavy (non-hydrogen) atoms. The van der Waals surface area contributed by atoms with E-state index in [1.54, 1.807) is 59.2 Å². The van der Waals surface area contributed by atoms with Crippen LogP contribution in [0.3, 0.4) is 0 Å². The Hall–Kier alpha value is -4.49. The maximum absolute atomic E-state index is 13.9. The topological polar surface area (TPSA) is 117 Å². The van der Waals surface area contributed by atoms with Gasteiger partial charge in [-0.3, -0.25) is 9.36 Å². The summed E-state index contributed by atoms with van der Waals surface area (Å²) in [5.74, 6) is 0.971. The molecule has 2 aromatic carbocycles. The lowest BCUT2D eigenvalue weighted by Crippen LogP contribution is -2.37. The van der Waals surface area contributed by atoms with Crippen molar-refractivity contribution in [1.29, 1.82) is 0 Å². The van der Waals surface area contributed by atoms with Crippen LogP contribution in [0.4, 0.5) is 30.5 Å². The van der Waals surface area contributed by atoms with Crippen molar-refractivity contribution in [3.05, 3.63) is 89.6 Å². The number of hydrogen-bond acceptors (Lipinski definition) is 8. The molecule has 0 radical (unpaired) electrons. The maximum Gasteiger partial charge on any atom is 0.418 e. The van der Waals surface area contributed by atoms with Crippen LogP contribution in [0.2, 0.25) is 0 Å². The van der Waals surface area contributed by atoms with Crippen LogP contribution in [0.5, 0.6) is 0 Å². The molecule has 1 fully saturated rings. The molecule has 0 aliphatic carbocycles. The highest BCUT2D eigenvalue weighted by atomic mass is 19.4. The number of amides is 1. The summed E-state index contributed by atoms with van der Waals surface area (Å²) in [7, 11) is 0. The number of benzene rings is 2. The number of carbonyl (C=O) groups is 1. The van der Waals surface area contributed by atoms with Crippen molar-refractivity contribution in [1.82, 2.24) is 19.5 Å². The number of nitrogens with zero attached hydrogens (tertiary/aromatic N) is 5. The lowest BCUT2D eigenvalue weighted by Gasteiger charge is -2.31. The molecule has 0 spiro atoms. The number of hydrogen-bond donors (Lipinski definition) is 3. The number of aliphatic hydroxyl groups is 1. The Morgan fingerprint density at radius 2 is 1.90 bits per heavy atom. The van der Waals surface area contributed by atoms with Crippen LogP contribution in [0, 0.1) is 0 Å². The first-order valence-electron chi connectivity index (χ1n) is 13.4. The van der Waals surface area contributed by atoms with Crippen LogP contribution in [-0.4, -0.2) is 69.5 Å². The number of aromatic nitrogens is 4. The second-order valence-electron chi connectivity index (χ2n) is 9.84. The molecule has 5 rings (SSSR count). The van der Waals surface area contributed by atoms with Crippen molar-refractivity contribution in [3.8, 4) is 5.82 Å². The van der Waals surface area contributed by atoms with Gasteiger partial charge >= 0.3 is 6.18 Å². The monoisotopic (exact) mass is 581 g/mol. The summed E-state index contributed by atoms with van der Waals surface area (Å²) in [6.07, 6.45) is 0.220. The van der Waals surface area contributed by atoms with Gasteiger partial charge in [-0.25, -0.2) is 9.97 Å². The molecular formula is C29H30F3N7O3. The third-order valence-electron chi connectivity index (χ3n) is 6.62. The van der Waals surface area contributed by atoms with Crippen molar-refractivity contribution in [3.63, 3.8) is 0 Å². The van der Waals surface area contributed by atoms with E-state index in [0.29, 0.717) is 62.5 Å². The van der Waals surface area contributed by atoms with E-state index < -0.39 is 23.8 Å². The summed E-state index contributed by atoms with van der Waals surface area (Å²) >= 11 is 0. The van der Waals surface area contributed by atoms with E-state index in [9.17, 15) is 23.1 Å². The molecule has 1 saturated heterocycles. The summed E-state index contributed by atoms with van der Waals surface area (Å²) in [6.45, 7) is 3.34. The first kappa shape index (κ1) is 29.0. The van der Waals surface area contributed by atoms with Gasteiger partial charge in [0.2, 0.25) is 5.95 Å². The predicted molar refractivity (Wildman–Crippen MR) is 151 cm³/mol. The minimum atomic E-state index is -4.62.